The molecule has 1 N–H and O–H groups in total. The number of benzene rings is 1. The number of para-hydroxylation sites is 1. The molecule has 0 amide bonds. The fraction of sp³-hybridized carbons (Fsp3) is 0.500. The number of fused-ring (bicyclic) bond motifs is 1. The summed E-state index contributed by atoms with van der Waals surface area (Å²) in [7, 11) is 0. The number of hydrogen-bond acceptors (Lipinski definition) is 1. The highest BCUT2D eigenvalue weighted by Gasteiger charge is 2.12. The van der Waals surface area contributed by atoms with Crippen molar-refractivity contribution in [2.24, 2.45) is 0 Å². The molecule has 1 aromatic carbocycles. The minimum Gasteiger partial charge on any atom is -0.344 e. The molecule has 1 heterocycles. The molecule has 0 aliphatic rings. The molecule has 104 valence electrons. The minimum atomic E-state index is 0.203. The Hall–Kier alpha value is -0.800. The van der Waals surface area contributed by atoms with Crippen molar-refractivity contribution in [1.29, 1.82) is 0 Å². The smallest absolute Gasteiger partial charge is 0.0494 e. The molecule has 0 aliphatic carbocycles. The summed E-state index contributed by atoms with van der Waals surface area (Å²) < 4.78 is 3.64. The van der Waals surface area contributed by atoms with Crippen LogP contribution in [0.4, 0.5) is 0 Å². The average Bonchev–Trinajstić information content (AvgIpc) is 2.58. The van der Waals surface area contributed by atoms with Gasteiger partial charge in [-0.2, -0.15) is 0 Å². The summed E-state index contributed by atoms with van der Waals surface area (Å²) >= 11 is 3.71. The predicted octanol–water partition coefficient (Wildman–Crippen LogP) is 4.49. The van der Waals surface area contributed by atoms with Crippen molar-refractivity contribution in [3.05, 3.63) is 34.4 Å². The molecular weight excluding hydrogens is 300 g/mol. The summed E-state index contributed by atoms with van der Waals surface area (Å²) in [4.78, 5) is 0. The molecule has 0 aliphatic heterocycles. The first-order chi connectivity index (χ1) is 8.90. The molecule has 2 aromatic rings. The number of nitrogens with one attached hydrogen (secondary N) is 1. The second kappa shape index (κ2) is 5.68. The van der Waals surface area contributed by atoms with Crippen LogP contribution in [0.15, 0.2) is 28.7 Å². The highest BCUT2D eigenvalue weighted by atomic mass is 79.9. The summed E-state index contributed by atoms with van der Waals surface area (Å²) in [6.07, 6.45) is 1.14. The topological polar surface area (TPSA) is 17.0 Å². The Morgan fingerprint density at radius 2 is 1.89 bits per heavy atom. The summed E-state index contributed by atoms with van der Waals surface area (Å²) in [5, 5.41) is 4.85. The van der Waals surface area contributed by atoms with Gasteiger partial charge in [-0.15, -0.1) is 0 Å². The second-order valence-corrected chi connectivity index (χ2v) is 6.89. The monoisotopic (exact) mass is 322 g/mol. The van der Waals surface area contributed by atoms with Gasteiger partial charge in [0, 0.05) is 33.2 Å². The van der Waals surface area contributed by atoms with E-state index in [0.717, 1.165) is 19.5 Å². The van der Waals surface area contributed by atoms with E-state index in [4.69, 9.17) is 0 Å². The molecule has 19 heavy (non-hydrogen) atoms. The fourth-order valence-electron chi connectivity index (χ4n) is 2.38. The summed E-state index contributed by atoms with van der Waals surface area (Å²) in [5.41, 5.74) is 2.84. The van der Waals surface area contributed by atoms with Crippen LogP contribution in [0, 0.1) is 6.92 Å². The van der Waals surface area contributed by atoms with Gasteiger partial charge >= 0.3 is 0 Å². The maximum atomic E-state index is 3.71. The quantitative estimate of drug-likeness (QED) is 0.820. The molecule has 0 bridgehead atoms. The molecule has 0 fully saturated rings. The number of aryl methyl sites for hydroxylation is 1. The lowest BCUT2D eigenvalue weighted by molar-refractivity contribution is 0.414. The third-order valence-electron chi connectivity index (χ3n) is 3.37. The molecule has 0 saturated heterocycles. The van der Waals surface area contributed by atoms with E-state index in [2.05, 4.69) is 77.8 Å². The van der Waals surface area contributed by atoms with E-state index >= 15 is 0 Å². The lowest BCUT2D eigenvalue weighted by atomic mass is 10.1. The molecule has 1 aromatic heterocycles. The van der Waals surface area contributed by atoms with Crippen LogP contribution >= 0.6 is 15.9 Å². The van der Waals surface area contributed by atoms with E-state index < -0.39 is 0 Å². The van der Waals surface area contributed by atoms with Gasteiger partial charge in [-0.3, -0.25) is 0 Å². The van der Waals surface area contributed by atoms with Gasteiger partial charge in [-0.1, -0.05) is 18.2 Å². The Bertz CT molecular complexity index is 564. The lowest BCUT2D eigenvalue weighted by Crippen LogP contribution is -2.36. The summed E-state index contributed by atoms with van der Waals surface area (Å²) in [6.45, 7) is 10.9. The number of nitrogens with zero attached hydrogens (tertiary/aromatic N) is 1. The van der Waals surface area contributed by atoms with Crippen molar-refractivity contribution in [2.75, 3.05) is 6.54 Å². The second-order valence-electron chi connectivity index (χ2n) is 6.10. The van der Waals surface area contributed by atoms with Gasteiger partial charge < -0.3 is 9.88 Å². The fourth-order valence-corrected chi connectivity index (χ4v) is 2.93. The van der Waals surface area contributed by atoms with Gasteiger partial charge in [0.2, 0.25) is 0 Å². The Balaban J connectivity index is 2.11. The van der Waals surface area contributed by atoms with Crippen LogP contribution in [0.25, 0.3) is 10.9 Å². The van der Waals surface area contributed by atoms with E-state index in [-0.39, 0.29) is 5.54 Å². The first-order valence-electron chi connectivity index (χ1n) is 6.88. The molecule has 3 heteroatoms. The SMILES string of the molecule is Cc1c(Br)c2ccccc2n1CCCNC(C)(C)C. The molecule has 2 nitrogen and oxygen atoms in total. The maximum absolute atomic E-state index is 3.71. The predicted molar refractivity (Wildman–Crippen MR) is 86.7 cm³/mol. The van der Waals surface area contributed by atoms with E-state index in [1.54, 1.807) is 0 Å². The van der Waals surface area contributed by atoms with E-state index in [9.17, 15) is 0 Å². The van der Waals surface area contributed by atoms with Gasteiger partial charge in [-0.25, -0.2) is 0 Å². The standard InChI is InChI=1S/C16H23BrN2/c1-12-15(17)13-8-5-6-9-14(13)19(12)11-7-10-18-16(2,3)4/h5-6,8-9,18H,7,10-11H2,1-4H3. The van der Waals surface area contributed by atoms with Crippen molar-refractivity contribution in [1.82, 2.24) is 9.88 Å². The minimum absolute atomic E-state index is 0.203. The number of halogens is 1. The molecule has 0 spiro atoms. The van der Waals surface area contributed by atoms with Crippen molar-refractivity contribution in [2.45, 2.75) is 46.2 Å². The van der Waals surface area contributed by atoms with Gasteiger partial charge in [0.1, 0.15) is 0 Å². The Kier molecular flexibility index (Phi) is 4.36. The van der Waals surface area contributed by atoms with Crippen molar-refractivity contribution >= 4 is 26.8 Å². The van der Waals surface area contributed by atoms with E-state index in [1.807, 2.05) is 0 Å². The zero-order chi connectivity index (χ0) is 14.0. The normalized spacial score (nSPS) is 12.3. The van der Waals surface area contributed by atoms with Crippen LogP contribution < -0.4 is 5.32 Å². The van der Waals surface area contributed by atoms with Gasteiger partial charge in [0.05, 0.1) is 0 Å². The first kappa shape index (κ1) is 14.6. The molecule has 0 unspecified atom stereocenters. The Morgan fingerprint density at radius 1 is 1.21 bits per heavy atom. The third kappa shape index (κ3) is 3.40. The summed E-state index contributed by atoms with van der Waals surface area (Å²) in [6, 6.07) is 8.58. The average molecular weight is 323 g/mol. The highest BCUT2D eigenvalue weighted by molar-refractivity contribution is 9.10. The number of hydrogen-bond donors (Lipinski definition) is 1. The molecule has 0 atom stereocenters. The zero-order valence-electron chi connectivity index (χ0n) is 12.3. The van der Waals surface area contributed by atoms with Crippen LogP contribution in [0.5, 0.6) is 0 Å². The Morgan fingerprint density at radius 3 is 2.58 bits per heavy atom. The van der Waals surface area contributed by atoms with Crippen LogP contribution in [0.1, 0.15) is 32.9 Å². The van der Waals surface area contributed by atoms with Gasteiger partial charge in [0.15, 0.2) is 0 Å². The van der Waals surface area contributed by atoms with Crippen LogP contribution in [-0.4, -0.2) is 16.7 Å². The third-order valence-corrected chi connectivity index (χ3v) is 4.37. The lowest BCUT2D eigenvalue weighted by Gasteiger charge is -2.20. The molecular formula is C16H23BrN2. The van der Waals surface area contributed by atoms with Gasteiger partial charge in [0.25, 0.3) is 0 Å². The molecule has 0 saturated carbocycles. The van der Waals surface area contributed by atoms with Gasteiger partial charge in [-0.05, 0) is 62.7 Å². The van der Waals surface area contributed by atoms with Crippen molar-refractivity contribution < 1.29 is 0 Å². The van der Waals surface area contributed by atoms with E-state index in [0.29, 0.717) is 0 Å². The first-order valence-corrected chi connectivity index (χ1v) is 7.68. The maximum Gasteiger partial charge on any atom is 0.0494 e. The van der Waals surface area contributed by atoms with Crippen molar-refractivity contribution in [3.63, 3.8) is 0 Å². The highest BCUT2D eigenvalue weighted by Crippen LogP contribution is 2.30. The van der Waals surface area contributed by atoms with E-state index in [1.165, 1.54) is 21.1 Å². The summed E-state index contributed by atoms with van der Waals surface area (Å²) in [5.74, 6) is 0. The zero-order valence-corrected chi connectivity index (χ0v) is 13.8. The Labute approximate surface area is 124 Å². The number of aromatic nitrogens is 1. The van der Waals surface area contributed by atoms with Crippen LogP contribution in [-0.2, 0) is 6.54 Å². The number of rotatable bonds is 4. The largest absolute Gasteiger partial charge is 0.344 e. The molecule has 0 radical (unpaired) electrons. The molecule has 2 rings (SSSR count). The van der Waals surface area contributed by atoms with Crippen LogP contribution in [0.3, 0.4) is 0 Å². The van der Waals surface area contributed by atoms with Crippen molar-refractivity contribution in [3.8, 4) is 0 Å². The van der Waals surface area contributed by atoms with Crippen LogP contribution in [0.2, 0.25) is 0 Å².